The van der Waals surface area contributed by atoms with Crippen LogP contribution in [0.5, 0.6) is 0 Å². The molecule has 0 unspecified atom stereocenters. The zero-order chi connectivity index (χ0) is 17.1. The number of carbonyl (C=O) groups is 1. The lowest BCUT2D eigenvalue weighted by molar-refractivity contribution is -0.122. The molecule has 1 amide bonds. The number of rotatable bonds is 5. The van der Waals surface area contributed by atoms with Crippen molar-refractivity contribution in [1.82, 2.24) is 15.6 Å². The number of para-hydroxylation sites is 2. The molecule has 1 fully saturated rings. The van der Waals surface area contributed by atoms with Crippen LogP contribution in [0.3, 0.4) is 0 Å². The lowest BCUT2D eigenvalue weighted by Gasteiger charge is -2.15. The van der Waals surface area contributed by atoms with Crippen molar-refractivity contribution in [2.45, 2.75) is 18.9 Å². The van der Waals surface area contributed by atoms with Gasteiger partial charge in [0, 0.05) is 23.9 Å². The molecule has 0 aliphatic carbocycles. The number of pyridine rings is 1. The van der Waals surface area contributed by atoms with E-state index in [1.165, 1.54) is 0 Å². The molecule has 3 N–H and O–H groups in total. The number of benzene rings is 2. The van der Waals surface area contributed by atoms with Crippen LogP contribution in [0.1, 0.15) is 12.8 Å². The van der Waals surface area contributed by atoms with Crippen LogP contribution in [0.4, 0.5) is 5.69 Å². The molecule has 5 heteroatoms. The number of amides is 1. The maximum atomic E-state index is 12.1. The minimum absolute atomic E-state index is 0.0254. The van der Waals surface area contributed by atoms with Crippen molar-refractivity contribution in [3.63, 3.8) is 0 Å². The lowest BCUT2D eigenvalue weighted by Crippen LogP contribution is -2.42. The molecular weight excluding hydrogens is 312 g/mol. The summed E-state index contributed by atoms with van der Waals surface area (Å²) in [5.74, 6) is 0.101. The quantitative estimate of drug-likeness (QED) is 0.496. The van der Waals surface area contributed by atoms with Crippen LogP contribution in [0, 0.1) is 0 Å². The third kappa shape index (κ3) is 3.28. The van der Waals surface area contributed by atoms with Gasteiger partial charge < -0.3 is 16.0 Å². The van der Waals surface area contributed by atoms with Gasteiger partial charge in [-0.05, 0) is 31.5 Å². The normalized spacial score (nSPS) is 17.0. The highest BCUT2D eigenvalue weighted by Gasteiger charge is 2.21. The molecule has 4 rings (SSSR count). The average Bonchev–Trinajstić information content (AvgIpc) is 3.19. The maximum Gasteiger partial charge on any atom is 0.237 e. The van der Waals surface area contributed by atoms with Crippen molar-refractivity contribution in [1.29, 1.82) is 0 Å². The molecule has 1 atom stereocenters. The fourth-order valence-electron chi connectivity index (χ4n) is 3.44. The Hall–Kier alpha value is -2.66. The zero-order valence-corrected chi connectivity index (χ0v) is 14.1. The molecule has 0 saturated carbocycles. The molecule has 2 aromatic carbocycles. The van der Waals surface area contributed by atoms with Gasteiger partial charge in [0.1, 0.15) is 0 Å². The van der Waals surface area contributed by atoms with Gasteiger partial charge in [-0.25, -0.2) is 4.98 Å². The summed E-state index contributed by atoms with van der Waals surface area (Å²) in [6.07, 6.45) is 2.00. The van der Waals surface area contributed by atoms with E-state index in [4.69, 9.17) is 4.98 Å². The van der Waals surface area contributed by atoms with Crippen LogP contribution in [-0.2, 0) is 4.79 Å². The van der Waals surface area contributed by atoms with Crippen molar-refractivity contribution < 1.29 is 4.79 Å². The third-order valence-electron chi connectivity index (χ3n) is 4.69. The van der Waals surface area contributed by atoms with Crippen LogP contribution in [-0.4, -0.2) is 36.6 Å². The fourth-order valence-corrected chi connectivity index (χ4v) is 3.44. The van der Waals surface area contributed by atoms with Crippen LogP contribution >= 0.6 is 0 Å². The highest BCUT2D eigenvalue weighted by molar-refractivity contribution is 6.07. The van der Waals surface area contributed by atoms with Crippen LogP contribution in [0.25, 0.3) is 21.8 Å². The highest BCUT2D eigenvalue weighted by atomic mass is 16.2. The largest absolute Gasteiger partial charge is 0.382 e. The Labute approximate surface area is 146 Å². The molecular formula is C20H22N4O. The fraction of sp³-hybridized carbons (Fsp3) is 0.300. The van der Waals surface area contributed by atoms with Crippen molar-refractivity contribution in [3.8, 4) is 0 Å². The molecule has 5 nitrogen and oxygen atoms in total. The van der Waals surface area contributed by atoms with E-state index in [1.807, 2.05) is 36.4 Å². The van der Waals surface area contributed by atoms with Crippen LogP contribution in [0.15, 0.2) is 48.5 Å². The number of anilines is 1. The lowest BCUT2D eigenvalue weighted by atomic mass is 10.1. The first-order valence-electron chi connectivity index (χ1n) is 8.85. The first kappa shape index (κ1) is 15.8. The van der Waals surface area contributed by atoms with E-state index < -0.39 is 0 Å². The second-order valence-electron chi connectivity index (χ2n) is 6.39. The monoisotopic (exact) mass is 334 g/mol. The van der Waals surface area contributed by atoms with Gasteiger partial charge in [-0.3, -0.25) is 4.79 Å². The Balaban J connectivity index is 1.50. The highest BCUT2D eigenvalue weighted by Crippen LogP contribution is 2.30. The number of nitrogens with one attached hydrogen (secondary N) is 3. The van der Waals surface area contributed by atoms with Crippen LogP contribution in [0.2, 0.25) is 0 Å². The van der Waals surface area contributed by atoms with Gasteiger partial charge in [-0.15, -0.1) is 0 Å². The molecule has 2 heterocycles. The number of hydrogen-bond donors (Lipinski definition) is 3. The Morgan fingerprint density at radius 3 is 2.36 bits per heavy atom. The molecule has 1 saturated heterocycles. The van der Waals surface area contributed by atoms with E-state index in [0.29, 0.717) is 13.1 Å². The third-order valence-corrected chi connectivity index (χ3v) is 4.69. The number of hydrogen-bond acceptors (Lipinski definition) is 4. The number of aromatic nitrogens is 1. The Morgan fingerprint density at radius 1 is 1.04 bits per heavy atom. The van der Waals surface area contributed by atoms with Crippen molar-refractivity contribution >= 4 is 33.4 Å². The summed E-state index contributed by atoms with van der Waals surface area (Å²) in [5.41, 5.74) is 3.03. The zero-order valence-electron chi connectivity index (χ0n) is 14.1. The average molecular weight is 334 g/mol. The predicted molar refractivity (Wildman–Crippen MR) is 102 cm³/mol. The SMILES string of the molecule is O=C(NCCNc1c2ccccc2nc2ccccc12)[C@@H]1CCCN1. The maximum absolute atomic E-state index is 12.1. The van der Waals surface area contributed by atoms with Gasteiger partial charge in [-0.1, -0.05) is 36.4 Å². The van der Waals surface area contributed by atoms with Crippen LogP contribution < -0.4 is 16.0 Å². The molecule has 0 spiro atoms. The van der Waals surface area contributed by atoms with Gasteiger partial charge in [0.25, 0.3) is 0 Å². The molecule has 1 aliphatic rings. The summed E-state index contributed by atoms with van der Waals surface area (Å²) >= 11 is 0. The molecule has 3 aromatic rings. The number of fused-ring (bicyclic) bond motifs is 2. The molecule has 1 aromatic heterocycles. The van der Waals surface area contributed by atoms with Crippen molar-refractivity contribution in [3.05, 3.63) is 48.5 Å². The summed E-state index contributed by atoms with van der Waals surface area (Å²) in [5, 5.41) is 11.9. The minimum Gasteiger partial charge on any atom is -0.382 e. The topological polar surface area (TPSA) is 66.0 Å². The van der Waals surface area contributed by atoms with Crippen molar-refractivity contribution in [2.24, 2.45) is 0 Å². The van der Waals surface area contributed by atoms with Crippen molar-refractivity contribution in [2.75, 3.05) is 25.0 Å². The molecule has 128 valence electrons. The number of carbonyl (C=O) groups excluding carboxylic acids is 1. The standard InChI is InChI=1S/C20H22N4O/c25-20(18-10-5-11-21-18)23-13-12-22-19-14-6-1-3-8-16(14)24-17-9-4-2-7-15(17)19/h1-4,6-9,18,21H,5,10-13H2,(H,22,24)(H,23,25)/t18-/m0/s1. The molecule has 1 aliphatic heterocycles. The predicted octanol–water partition coefficient (Wildman–Crippen LogP) is 2.67. The van der Waals surface area contributed by atoms with E-state index in [9.17, 15) is 4.79 Å². The number of nitrogens with zero attached hydrogens (tertiary/aromatic N) is 1. The van der Waals surface area contributed by atoms with Gasteiger partial charge >= 0.3 is 0 Å². The molecule has 25 heavy (non-hydrogen) atoms. The van der Waals surface area contributed by atoms with E-state index in [1.54, 1.807) is 0 Å². The minimum atomic E-state index is -0.0254. The van der Waals surface area contributed by atoms with E-state index >= 15 is 0 Å². The first-order chi connectivity index (χ1) is 12.3. The van der Waals surface area contributed by atoms with E-state index in [2.05, 4.69) is 28.1 Å². The Bertz CT molecular complexity index is 848. The smallest absolute Gasteiger partial charge is 0.237 e. The summed E-state index contributed by atoms with van der Waals surface area (Å²) in [6, 6.07) is 16.3. The second kappa shape index (κ2) is 7.07. The second-order valence-corrected chi connectivity index (χ2v) is 6.39. The van der Waals surface area contributed by atoms with Gasteiger partial charge in [0.2, 0.25) is 5.91 Å². The first-order valence-corrected chi connectivity index (χ1v) is 8.85. The van der Waals surface area contributed by atoms with Gasteiger partial charge in [0.15, 0.2) is 0 Å². The summed E-state index contributed by atoms with van der Waals surface area (Å²) in [4.78, 5) is 16.8. The van der Waals surface area contributed by atoms with Gasteiger partial charge in [-0.2, -0.15) is 0 Å². The van der Waals surface area contributed by atoms with Gasteiger partial charge in [0.05, 0.1) is 22.8 Å². The molecule has 0 bridgehead atoms. The van der Waals surface area contributed by atoms with E-state index in [-0.39, 0.29) is 11.9 Å². The Kier molecular flexibility index (Phi) is 4.48. The summed E-state index contributed by atoms with van der Waals surface area (Å²) in [6.45, 7) is 2.21. The molecule has 0 radical (unpaired) electrons. The summed E-state index contributed by atoms with van der Waals surface area (Å²) < 4.78 is 0. The van der Waals surface area contributed by atoms with E-state index in [0.717, 1.165) is 46.9 Å². The summed E-state index contributed by atoms with van der Waals surface area (Å²) in [7, 11) is 0. The Morgan fingerprint density at radius 2 is 1.72 bits per heavy atom.